The maximum atomic E-state index is 12.8. The summed E-state index contributed by atoms with van der Waals surface area (Å²) in [4.78, 5) is 2.50. The highest BCUT2D eigenvalue weighted by molar-refractivity contribution is 7.89. The van der Waals surface area contributed by atoms with Gasteiger partial charge < -0.3 is 9.47 Å². The lowest BCUT2D eigenvalue weighted by Gasteiger charge is -2.34. The van der Waals surface area contributed by atoms with Crippen molar-refractivity contribution in [2.45, 2.75) is 11.4 Å². The molecule has 0 atom stereocenters. The first-order valence-corrected chi connectivity index (χ1v) is 10.4. The quantitative estimate of drug-likeness (QED) is 0.732. The maximum absolute atomic E-state index is 12.8. The smallest absolute Gasteiger partial charge is 0.243 e. The van der Waals surface area contributed by atoms with Crippen LogP contribution in [0.5, 0.6) is 11.5 Å². The van der Waals surface area contributed by atoms with Crippen LogP contribution in [0.25, 0.3) is 0 Å². The summed E-state index contributed by atoms with van der Waals surface area (Å²) in [7, 11) is -0.236. The average molecular weight is 411 g/mol. The molecule has 1 aliphatic heterocycles. The molecule has 0 aromatic heterocycles. The summed E-state index contributed by atoms with van der Waals surface area (Å²) in [5, 5.41) is 0.521. The molecular weight excluding hydrogens is 388 g/mol. The Hall–Kier alpha value is -1.80. The molecule has 2 aromatic carbocycles. The Morgan fingerprint density at radius 2 is 1.63 bits per heavy atom. The third-order valence-corrected chi connectivity index (χ3v) is 6.84. The van der Waals surface area contributed by atoms with Gasteiger partial charge in [0.05, 0.1) is 19.1 Å². The Labute approximate surface area is 165 Å². The van der Waals surface area contributed by atoms with Crippen LogP contribution in [0.15, 0.2) is 47.4 Å². The molecule has 8 heteroatoms. The number of hydrogen-bond donors (Lipinski definition) is 0. The van der Waals surface area contributed by atoms with Crippen LogP contribution in [0.2, 0.25) is 5.02 Å². The van der Waals surface area contributed by atoms with Crippen LogP contribution in [0.4, 0.5) is 0 Å². The SMILES string of the molecule is COc1ccc(CN2CCN(S(=O)(=O)c3ccc(Cl)cc3)CC2)c(OC)c1. The molecule has 0 aliphatic carbocycles. The summed E-state index contributed by atoms with van der Waals surface area (Å²) in [5.41, 5.74) is 1.05. The molecule has 1 fully saturated rings. The predicted octanol–water partition coefficient (Wildman–Crippen LogP) is 2.86. The lowest BCUT2D eigenvalue weighted by atomic mass is 10.1. The van der Waals surface area contributed by atoms with Crippen molar-refractivity contribution in [1.82, 2.24) is 9.21 Å². The van der Waals surface area contributed by atoms with Crippen molar-refractivity contribution in [1.29, 1.82) is 0 Å². The summed E-state index contributed by atoms with van der Waals surface area (Å²) in [6.07, 6.45) is 0. The molecule has 0 unspecified atom stereocenters. The second-order valence-corrected chi connectivity index (χ2v) is 8.69. The molecule has 146 valence electrons. The van der Waals surface area contributed by atoms with E-state index in [-0.39, 0.29) is 4.90 Å². The number of halogens is 1. The van der Waals surface area contributed by atoms with Gasteiger partial charge in [-0.05, 0) is 30.3 Å². The Kier molecular flexibility index (Phi) is 6.26. The van der Waals surface area contributed by atoms with E-state index in [0.29, 0.717) is 37.7 Å². The van der Waals surface area contributed by atoms with Crippen molar-refractivity contribution in [3.63, 3.8) is 0 Å². The van der Waals surface area contributed by atoms with Crippen molar-refractivity contribution < 1.29 is 17.9 Å². The van der Waals surface area contributed by atoms with Crippen LogP contribution in [-0.4, -0.2) is 58.0 Å². The van der Waals surface area contributed by atoms with Gasteiger partial charge >= 0.3 is 0 Å². The number of piperazine rings is 1. The minimum absolute atomic E-state index is 0.275. The van der Waals surface area contributed by atoms with E-state index >= 15 is 0 Å². The molecule has 0 bridgehead atoms. The van der Waals surface area contributed by atoms with Gasteiger partial charge in [-0.1, -0.05) is 17.7 Å². The van der Waals surface area contributed by atoms with Gasteiger partial charge in [-0.2, -0.15) is 4.31 Å². The highest BCUT2D eigenvalue weighted by Crippen LogP contribution is 2.26. The molecular formula is C19H23ClN2O4S. The van der Waals surface area contributed by atoms with Crippen molar-refractivity contribution in [2.75, 3.05) is 40.4 Å². The fraction of sp³-hybridized carbons (Fsp3) is 0.368. The number of hydrogen-bond acceptors (Lipinski definition) is 5. The highest BCUT2D eigenvalue weighted by atomic mass is 35.5. The second kappa shape index (κ2) is 8.48. The number of rotatable bonds is 6. The monoisotopic (exact) mass is 410 g/mol. The van der Waals surface area contributed by atoms with Crippen LogP contribution in [0.3, 0.4) is 0 Å². The Morgan fingerprint density at radius 1 is 0.963 bits per heavy atom. The lowest BCUT2D eigenvalue weighted by Crippen LogP contribution is -2.48. The molecule has 0 spiro atoms. The van der Waals surface area contributed by atoms with Gasteiger partial charge in [0.15, 0.2) is 0 Å². The zero-order valence-electron chi connectivity index (χ0n) is 15.4. The Morgan fingerprint density at radius 3 is 2.22 bits per heavy atom. The number of benzene rings is 2. The zero-order valence-corrected chi connectivity index (χ0v) is 17.0. The number of nitrogens with zero attached hydrogens (tertiary/aromatic N) is 2. The van der Waals surface area contributed by atoms with Crippen molar-refractivity contribution >= 4 is 21.6 Å². The lowest BCUT2D eigenvalue weighted by molar-refractivity contribution is 0.180. The molecule has 3 rings (SSSR count). The van der Waals surface area contributed by atoms with Crippen molar-refractivity contribution in [3.8, 4) is 11.5 Å². The van der Waals surface area contributed by atoms with E-state index in [4.69, 9.17) is 21.1 Å². The summed E-state index contributed by atoms with van der Waals surface area (Å²) >= 11 is 5.85. The van der Waals surface area contributed by atoms with E-state index in [0.717, 1.165) is 17.1 Å². The predicted molar refractivity (Wildman–Crippen MR) is 105 cm³/mol. The fourth-order valence-corrected chi connectivity index (χ4v) is 4.66. The van der Waals surface area contributed by atoms with Crippen molar-refractivity contribution in [2.24, 2.45) is 0 Å². The fourth-order valence-electron chi connectivity index (χ4n) is 3.11. The molecule has 1 saturated heterocycles. The van der Waals surface area contributed by atoms with Gasteiger partial charge in [-0.25, -0.2) is 8.42 Å². The minimum Gasteiger partial charge on any atom is -0.497 e. The summed E-state index contributed by atoms with van der Waals surface area (Å²) < 4.78 is 37.7. The van der Waals surface area contributed by atoms with Crippen molar-refractivity contribution in [3.05, 3.63) is 53.1 Å². The largest absolute Gasteiger partial charge is 0.497 e. The molecule has 0 N–H and O–H groups in total. The highest BCUT2D eigenvalue weighted by Gasteiger charge is 2.28. The van der Waals surface area contributed by atoms with Crippen LogP contribution >= 0.6 is 11.6 Å². The number of ether oxygens (including phenoxy) is 2. The molecule has 2 aromatic rings. The van der Waals surface area contributed by atoms with Gasteiger partial charge in [0.2, 0.25) is 10.0 Å². The Bertz CT molecular complexity index is 879. The minimum atomic E-state index is -3.49. The van der Waals surface area contributed by atoms with Gasteiger partial charge in [0.25, 0.3) is 0 Å². The molecule has 6 nitrogen and oxygen atoms in total. The average Bonchev–Trinajstić information content (AvgIpc) is 2.69. The van der Waals surface area contributed by atoms with Crippen LogP contribution < -0.4 is 9.47 Å². The first-order chi connectivity index (χ1) is 12.9. The van der Waals surface area contributed by atoms with Crippen LogP contribution in [-0.2, 0) is 16.6 Å². The van der Waals surface area contributed by atoms with Gasteiger partial charge in [-0.3, -0.25) is 4.90 Å². The molecule has 0 saturated carbocycles. The maximum Gasteiger partial charge on any atom is 0.243 e. The van der Waals surface area contributed by atoms with E-state index in [2.05, 4.69) is 4.90 Å². The molecule has 1 aliphatic rings. The number of methoxy groups -OCH3 is 2. The van der Waals surface area contributed by atoms with E-state index < -0.39 is 10.0 Å². The van der Waals surface area contributed by atoms with E-state index in [9.17, 15) is 8.42 Å². The molecule has 1 heterocycles. The van der Waals surface area contributed by atoms with Gasteiger partial charge in [-0.15, -0.1) is 0 Å². The third kappa shape index (κ3) is 4.55. The first kappa shape index (κ1) is 19.9. The first-order valence-electron chi connectivity index (χ1n) is 8.63. The molecule has 0 radical (unpaired) electrons. The van der Waals surface area contributed by atoms with Gasteiger partial charge in [0.1, 0.15) is 11.5 Å². The topological polar surface area (TPSA) is 59.1 Å². The third-order valence-electron chi connectivity index (χ3n) is 4.67. The zero-order chi connectivity index (χ0) is 19.4. The number of sulfonamides is 1. The normalized spacial score (nSPS) is 16.3. The van der Waals surface area contributed by atoms with E-state index in [1.165, 1.54) is 4.31 Å². The Balaban J connectivity index is 1.64. The molecule has 27 heavy (non-hydrogen) atoms. The van der Waals surface area contributed by atoms with E-state index in [1.807, 2.05) is 18.2 Å². The standard InChI is InChI=1S/C19H23ClN2O4S/c1-25-17-6-3-15(19(13-17)26-2)14-21-9-11-22(12-10-21)27(23,24)18-7-4-16(20)5-8-18/h3-8,13H,9-12,14H2,1-2H3. The van der Waals surface area contributed by atoms with Crippen LogP contribution in [0, 0.1) is 0 Å². The second-order valence-electron chi connectivity index (χ2n) is 6.31. The summed E-state index contributed by atoms with van der Waals surface area (Å²) in [5.74, 6) is 1.51. The van der Waals surface area contributed by atoms with Gasteiger partial charge in [0, 0.05) is 49.4 Å². The molecule has 0 amide bonds. The summed E-state index contributed by atoms with van der Waals surface area (Å²) in [6.45, 7) is 2.90. The van der Waals surface area contributed by atoms with Crippen LogP contribution in [0.1, 0.15) is 5.56 Å². The van der Waals surface area contributed by atoms with E-state index in [1.54, 1.807) is 38.5 Å². The summed E-state index contributed by atoms with van der Waals surface area (Å²) in [6, 6.07) is 12.0.